The fourth-order valence-corrected chi connectivity index (χ4v) is 2.37. The van der Waals surface area contributed by atoms with Crippen LogP contribution in [0.25, 0.3) is 17.1 Å². The maximum atomic E-state index is 12.1. The summed E-state index contributed by atoms with van der Waals surface area (Å²) in [5, 5.41) is 2.87. The molecule has 0 saturated heterocycles. The molecule has 0 unspecified atom stereocenters. The molecule has 0 aliphatic carbocycles. The number of hydrogen-bond acceptors (Lipinski definition) is 3. The molecule has 4 nitrogen and oxygen atoms in total. The lowest BCUT2D eigenvalue weighted by Gasteiger charge is -2.08. The van der Waals surface area contributed by atoms with E-state index in [1.54, 1.807) is 12.3 Å². The van der Waals surface area contributed by atoms with E-state index in [0.29, 0.717) is 11.6 Å². The Hall–Kier alpha value is -3.01. The molecule has 1 N–H and O–H groups in total. The number of anilines is 1. The summed E-state index contributed by atoms with van der Waals surface area (Å²) in [6.45, 7) is 4.25. The van der Waals surface area contributed by atoms with Crippen LogP contribution in [0.3, 0.4) is 0 Å². The minimum atomic E-state index is -0.189. The van der Waals surface area contributed by atoms with E-state index in [-0.39, 0.29) is 5.91 Å². The quantitative estimate of drug-likeness (QED) is 0.725. The minimum Gasteiger partial charge on any atom is -0.323 e. The van der Waals surface area contributed by atoms with E-state index < -0.39 is 0 Å². The minimum absolute atomic E-state index is 0.189. The topological polar surface area (TPSA) is 54.9 Å². The predicted octanol–water partition coefficient (Wildman–Crippen LogP) is 4.41. The predicted molar refractivity (Wildman–Crippen MR) is 97.7 cm³/mol. The first-order chi connectivity index (χ1) is 11.6. The van der Waals surface area contributed by atoms with Gasteiger partial charge >= 0.3 is 0 Å². The second-order valence-corrected chi connectivity index (χ2v) is 5.89. The van der Waals surface area contributed by atoms with Gasteiger partial charge in [-0.1, -0.05) is 38.1 Å². The molecule has 0 bridgehead atoms. The van der Waals surface area contributed by atoms with Gasteiger partial charge in [-0.3, -0.25) is 9.78 Å². The fraction of sp³-hybridized carbons (Fsp3) is 0.150. The van der Waals surface area contributed by atoms with Gasteiger partial charge in [0.05, 0.1) is 22.9 Å². The smallest absolute Gasteiger partial charge is 0.248 e. The van der Waals surface area contributed by atoms with Gasteiger partial charge in [0.2, 0.25) is 5.91 Å². The van der Waals surface area contributed by atoms with E-state index in [1.807, 2.05) is 42.5 Å². The highest BCUT2D eigenvalue weighted by Gasteiger charge is 2.03. The molecular weight excluding hydrogens is 298 g/mol. The third-order valence-electron chi connectivity index (χ3n) is 3.69. The molecule has 0 saturated carbocycles. The van der Waals surface area contributed by atoms with Crippen LogP contribution in [0.2, 0.25) is 0 Å². The molecule has 24 heavy (non-hydrogen) atoms. The summed E-state index contributed by atoms with van der Waals surface area (Å²) >= 11 is 0. The van der Waals surface area contributed by atoms with Crippen molar-refractivity contribution in [3.05, 3.63) is 72.1 Å². The van der Waals surface area contributed by atoms with Crippen LogP contribution in [-0.4, -0.2) is 15.9 Å². The van der Waals surface area contributed by atoms with Crippen molar-refractivity contribution in [1.29, 1.82) is 0 Å². The highest BCUT2D eigenvalue weighted by Crippen LogP contribution is 2.18. The normalized spacial score (nSPS) is 11.3. The van der Waals surface area contributed by atoms with Crippen LogP contribution in [0.1, 0.15) is 31.0 Å². The monoisotopic (exact) mass is 317 g/mol. The van der Waals surface area contributed by atoms with Crippen molar-refractivity contribution in [2.45, 2.75) is 19.8 Å². The molecule has 1 heterocycles. The summed E-state index contributed by atoms with van der Waals surface area (Å²) in [4.78, 5) is 20.9. The van der Waals surface area contributed by atoms with Crippen LogP contribution in [0.5, 0.6) is 0 Å². The number of benzene rings is 2. The first kappa shape index (κ1) is 15.9. The largest absolute Gasteiger partial charge is 0.323 e. The van der Waals surface area contributed by atoms with Crippen LogP contribution in [0, 0.1) is 0 Å². The van der Waals surface area contributed by atoms with Crippen molar-refractivity contribution in [3.8, 4) is 0 Å². The summed E-state index contributed by atoms with van der Waals surface area (Å²) in [6, 6.07) is 15.5. The lowest BCUT2D eigenvalue weighted by atomic mass is 10.0. The van der Waals surface area contributed by atoms with Gasteiger partial charge in [-0.15, -0.1) is 0 Å². The molecule has 120 valence electrons. The molecule has 0 aliphatic rings. The molecule has 0 aliphatic heterocycles. The molecule has 3 rings (SSSR count). The van der Waals surface area contributed by atoms with Gasteiger partial charge in [0.25, 0.3) is 0 Å². The Morgan fingerprint density at radius 3 is 2.67 bits per heavy atom. The number of fused-ring (bicyclic) bond motifs is 1. The van der Waals surface area contributed by atoms with Gasteiger partial charge in [-0.05, 0) is 41.8 Å². The average Bonchev–Trinajstić information content (AvgIpc) is 2.60. The number of carbonyl (C=O) groups is 1. The Balaban J connectivity index is 1.71. The highest BCUT2D eigenvalue weighted by atomic mass is 16.1. The summed E-state index contributed by atoms with van der Waals surface area (Å²) in [6.07, 6.45) is 4.80. The number of hydrogen-bond donors (Lipinski definition) is 1. The van der Waals surface area contributed by atoms with Crippen molar-refractivity contribution in [2.75, 3.05) is 5.32 Å². The number of carbonyl (C=O) groups excluding carboxylic acids is 1. The summed E-state index contributed by atoms with van der Waals surface area (Å²) in [7, 11) is 0. The molecular formula is C20H19N3O. The van der Waals surface area contributed by atoms with Crippen molar-refractivity contribution in [1.82, 2.24) is 9.97 Å². The molecule has 1 aromatic heterocycles. The fourth-order valence-electron chi connectivity index (χ4n) is 2.37. The maximum absolute atomic E-state index is 12.1. The summed E-state index contributed by atoms with van der Waals surface area (Å²) in [5.41, 5.74) is 4.28. The van der Waals surface area contributed by atoms with Crippen LogP contribution in [0.15, 0.2) is 60.8 Å². The Morgan fingerprint density at radius 1 is 1.08 bits per heavy atom. The number of aromatic nitrogens is 2. The lowest BCUT2D eigenvalue weighted by Crippen LogP contribution is -2.08. The number of amides is 1. The number of nitrogens with one attached hydrogen (secondary N) is 1. The van der Waals surface area contributed by atoms with E-state index in [2.05, 4.69) is 35.2 Å². The van der Waals surface area contributed by atoms with Gasteiger partial charge in [-0.25, -0.2) is 4.98 Å². The van der Waals surface area contributed by atoms with E-state index in [0.717, 1.165) is 16.7 Å². The summed E-state index contributed by atoms with van der Waals surface area (Å²) in [5.74, 6) is 0.233. The Kier molecular flexibility index (Phi) is 4.66. The molecule has 4 heteroatoms. The van der Waals surface area contributed by atoms with E-state index in [9.17, 15) is 4.79 Å². The van der Waals surface area contributed by atoms with E-state index in [4.69, 9.17) is 0 Å². The third kappa shape index (κ3) is 3.84. The van der Waals surface area contributed by atoms with Crippen LogP contribution in [0.4, 0.5) is 5.69 Å². The van der Waals surface area contributed by atoms with Crippen molar-refractivity contribution >= 4 is 28.7 Å². The number of para-hydroxylation sites is 2. The second kappa shape index (κ2) is 7.04. The first-order valence-corrected chi connectivity index (χ1v) is 7.92. The molecule has 0 atom stereocenters. The number of nitrogens with zero attached hydrogens (tertiary/aromatic N) is 2. The zero-order valence-electron chi connectivity index (χ0n) is 13.7. The standard InChI is InChI=1S/C20H19N3O/c1-14(2)15-6-5-7-16(12-15)23-20(24)11-10-17-13-21-18-8-3-4-9-19(18)22-17/h3-14H,1-2H3,(H,23,24)/b11-10+. The van der Waals surface area contributed by atoms with Crippen LogP contribution in [-0.2, 0) is 4.79 Å². The van der Waals surface area contributed by atoms with Gasteiger partial charge < -0.3 is 5.32 Å². The van der Waals surface area contributed by atoms with E-state index in [1.165, 1.54) is 11.6 Å². The number of rotatable bonds is 4. The lowest BCUT2D eigenvalue weighted by molar-refractivity contribution is -0.111. The van der Waals surface area contributed by atoms with Gasteiger partial charge in [-0.2, -0.15) is 0 Å². The molecule has 1 amide bonds. The highest BCUT2D eigenvalue weighted by molar-refractivity contribution is 6.01. The maximum Gasteiger partial charge on any atom is 0.248 e. The van der Waals surface area contributed by atoms with Crippen LogP contribution >= 0.6 is 0 Å². The Morgan fingerprint density at radius 2 is 1.88 bits per heavy atom. The zero-order chi connectivity index (χ0) is 16.9. The van der Waals surface area contributed by atoms with Gasteiger partial charge in [0, 0.05) is 11.8 Å². The van der Waals surface area contributed by atoms with Gasteiger partial charge in [0.1, 0.15) is 0 Å². The SMILES string of the molecule is CC(C)c1cccc(NC(=O)/C=C/c2cnc3ccccc3n2)c1. The van der Waals surface area contributed by atoms with Crippen molar-refractivity contribution in [2.24, 2.45) is 0 Å². The second-order valence-electron chi connectivity index (χ2n) is 5.89. The van der Waals surface area contributed by atoms with Crippen LogP contribution < -0.4 is 5.32 Å². The van der Waals surface area contributed by atoms with Crippen molar-refractivity contribution < 1.29 is 4.79 Å². The van der Waals surface area contributed by atoms with Crippen molar-refractivity contribution in [3.63, 3.8) is 0 Å². The zero-order valence-corrected chi connectivity index (χ0v) is 13.7. The third-order valence-corrected chi connectivity index (χ3v) is 3.69. The molecule has 2 aromatic carbocycles. The molecule has 0 fully saturated rings. The molecule has 0 radical (unpaired) electrons. The van der Waals surface area contributed by atoms with E-state index >= 15 is 0 Å². The summed E-state index contributed by atoms with van der Waals surface area (Å²) < 4.78 is 0. The molecule has 0 spiro atoms. The Labute approximate surface area is 141 Å². The Bertz CT molecular complexity index is 900. The molecule has 3 aromatic rings. The average molecular weight is 317 g/mol. The first-order valence-electron chi connectivity index (χ1n) is 7.92. The van der Waals surface area contributed by atoms with Gasteiger partial charge in [0.15, 0.2) is 0 Å².